The van der Waals surface area contributed by atoms with E-state index in [1.807, 2.05) is 47.2 Å². The van der Waals surface area contributed by atoms with E-state index in [9.17, 15) is 9.59 Å². The zero-order chi connectivity index (χ0) is 22.0. The number of thiocarbonyl (C=S) groups is 1. The molecule has 1 fully saturated rings. The molecule has 3 aromatic rings. The van der Waals surface area contributed by atoms with Gasteiger partial charge >= 0.3 is 0 Å². The van der Waals surface area contributed by atoms with Crippen LogP contribution in [0.2, 0.25) is 0 Å². The van der Waals surface area contributed by atoms with Crippen LogP contribution < -0.4 is 19.7 Å². The molecule has 2 heterocycles. The molecular formula is C23H19N3O4S. The Bertz CT molecular complexity index is 1180. The first-order chi connectivity index (χ1) is 15.0. The van der Waals surface area contributed by atoms with Crippen LogP contribution in [-0.4, -0.2) is 35.7 Å². The molecule has 0 aliphatic carbocycles. The maximum absolute atomic E-state index is 13.2. The van der Waals surface area contributed by atoms with E-state index in [-0.39, 0.29) is 10.7 Å². The molecule has 1 aromatic heterocycles. The second-order valence-electron chi connectivity index (χ2n) is 6.66. The van der Waals surface area contributed by atoms with Crippen LogP contribution in [0.3, 0.4) is 0 Å². The summed E-state index contributed by atoms with van der Waals surface area (Å²) in [5.41, 5.74) is 2.06. The highest BCUT2D eigenvalue weighted by Crippen LogP contribution is 2.25. The van der Waals surface area contributed by atoms with E-state index in [2.05, 4.69) is 5.32 Å². The maximum Gasteiger partial charge on any atom is 0.270 e. The third kappa shape index (κ3) is 3.93. The second kappa shape index (κ2) is 8.45. The topological polar surface area (TPSA) is 72.8 Å². The van der Waals surface area contributed by atoms with Crippen LogP contribution in [-0.2, 0) is 9.59 Å². The minimum atomic E-state index is -0.540. The van der Waals surface area contributed by atoms with E-state index in [4.69, 9.17) is 21.7 Å². The van der Waals surface area contributed by atoms with Gasteiger partial charge in [-0.1, -0.05) is 0 Å². The fourth-order valence-corrected chi connectivity index (χ4v) is 3.54. The Morgan fingerprint density at radius 3 is 2.03 bits per heavy atom. The fourth-order valence-electron chi connectivity index (χ4n) is 3.26. The van der Waals surface area contributed by atoms with Crippen molar-refractivity contribution < 1.29 is 19.1 Å². The highest BCUT2D eigenvalue weighted by molar-refractivity contribution is 7.80. The normalized spacial score (nSPS) is 15.2. The molecule has 1 saturated heterocycles. The van der Waals surface area contributed by atoms with E-state index < -0.39 is 11.8 Å². The smallest absolute Gasteiger partial charge is 0.270 e. The van der Waals surface area contributed by atoms with Crippen LogP contribution >= 0.6 is 12.2 Å². The predicted molar refractivity (Wildman–Crippen MR) is 122 cm³/mol. The molecule has 156 valence electrons. The zero-order valence-electron chi connectivity index (χ0n) is 16.9. The molecule has 0 atom stereocenters. The van der Waals surface area contributed by atoms with Crippen molar-refractivity contribution in [1.82, 2.24) is 9.88 Å². The number of nitrogens with zero attached hydrogens (tertiary/aromatic N) is 2. The summed E-state index contributed by atoms with van der Waals surface area (Å²) in [6.45, 7) is 0. The summed E-state index contributed by atoms with van der Waals surface area (Å²) in [4.78, 5) is 27.1. The van der Waals surface area contributed by atoms with Crippen LogP contribution in [0.1, 0.15) is 5.69 Å². The molecule has 0 radical (unpaired) electrons. The van der Waals surface area contributed by atoms with Gasteiger partial charge < -0.3 is 14.0 Å². The molecule has 1 aliphatic heterocycles. The van der Waals surface area contributed by atoms with E-state index in [1.54, 1.807) is 44.6 Å². The minimum Gasteiger partial charge on any atom is -0.497 e. The van der Waals surface area contributed by atoms with Crippen molar-refractivity contribution in [3.63, 3.8) is 0 Å². The van der Waals surface area contributed by atoms with Gasteiger partial charge in [0.15, 0.2) is 5.11 Å². The molecule has 0 spiro atoms. The SMILES string of the molecule is COc1ccc(N2C(=O)/C(=C/c3cccn3-c3ccc(OC)cc3)C(=O)NC2=S)cc1. The number of carbonyl (C=O) groups excluding carboxylic acids is 2. The third-order valence-electron chi connectivity index (χ3n) is 4.86. The summed E-state index contributed by atoms with van der Waals surface area (Å²) in [6, 6.07) is 18.0. The van der Waals surface area contributed by atoms with Crippen LogP contribution in [0.15, 0.2) is 72.4 Å². The van der Waals surface area contributed by atoms with Gasteiger partial charge in [-0.25, -0.2) is 0 Å². The van der Waals surface area contributed by atoms with Crippen molar-refractivity contribution in [2.75, 3.05) is 19.1 Å². The molecule has 8 heteroatoms. The Kier molecular flexibility index (Phi) is 5.55. The van der Waals surface area contributed by atoms with Gasteiger partial charge in [0, 0.05) is 17.6 Å². The van der Waals surface area contributed by atoms with E-state index in [1.165, 1.54) is 4.90 Å². The molecule has 0 bridgehead atoms. The first-order valence-electron chi connectivity index (χ1n) is 9.39. The van der Waals surface area contributed by atoms with Gasteiger partial charge in [0.2, 0.25) is 0 Å². The highest BCUT2D eigenvalue weighted by atomic mass is 32.1. The summed E-state index contributed by atoms with van der Waals surface area (Å²) in [6.07, 6.45) is 3.41. The second-order valence-corrected chi connectivity index (χ2v) is 7.04. The van der Waals surface area contributed by atoms with Gasteiger partial charge in [0.1, 0.15) is 17.1 Å². The molecule has 0 unspecified atom stereocenters. The first kappa shape index (κ1) is 20.4. The average Bonchev–Trinajstić information content (AvgIpc) is 3.25. The Morgan fingerprint density at radius 1 is 0.871 bits per heavy atom. The third-order valence-corrected chi connectivity index (χ3v) is 5.14. The molecule has 2 aromatic carbocycles. The summed E-state index contributed by atoms with van der Waals surface area (Å²) >= 11 is 5.25. The van der Waals surface area contributed by atoms with Gasteiger partial charge in [-0.05, 0) is 79.0 Å². The number of nitrogens with one attached hydrogen (secondary N) is 1. The molecule has 31 heavy (non-hydrogen) atoms. The van der Waals surface area contributed by atoms with Gasteiger partial charge in [-0.3, -0.25) is 19.8 Å². The van der Waals surface area contributed by atoms with Crippen molar-refractivity contribution in [3.8, 4) is 17.2 Å². The average molecular weight is 433 g/mol. The molecule has 4 rings (SSSR count). The Hall–Kier alpha value is -3.91. The lowest BCUT2D eigenvalue weighted by Gasteiger charge is -2.29. The Balaban J connectivity index is 1.70. The van der Waals surface area contributed by atoms with Gasteiger partial charge in [0.05, 0.1) is 19.9 Å². The van der Waals surface area contributed by atoms with Crippen LogP contribution in [0.4, 0.5) is 5.69 Å². The van der Waals surface area contributed by atoms with Gasteiger partial charge in [0.25, 0.3) is 11.8 Å². The van der Waals surface area contributed by atoms with E-state index >= 15 is 0 Å². The molecule has 2 amide bonds. The summed E-state index contributed by atoms with van der Waals surface area (Å²) in [5.74, 6) is 0.348. The van der Waals surface area contributed by atoms with Gasteiger partial charge in [-0.2, -0.15) is 0 Å². The number of benzene rings is 2. The Labute approximate surface area is 184 Å². The first-order valence-corrected chi connectivity index (χ1v) is 9.80. The quantitative estimate of drug-likeness (QED) is 0.380. The van der Waals surface area contributed by atoms with Crippen molar-refractivity contribution in [2.24, 2.45) is 0 Å². The number of anilines is 1. The zero-order valence-corrected chi connectivity index (χ0v) is 17.7. The fraction of sp³-hybridized carbons (Fsp3) is 0.0870. The number of carbonyl (C=O) groups is 2. The number of hydrogen-bond acceptors (Lipinski definition) is 5. The number of ether oxygens (including phenoxy) is 2. The van der Waals surface area contributed by atoms with Crippen molar-refractivity contribution in [2.45, 2.75) is 0 Å². The summed E-state index contributed by atoms with van der Waals surface area (Å²) in [7, 11) is 3.16. The van der Waals surface area contributed by atoms with Crippen molar-refractivity contribution in [3.05, 3.63) is 78.1 Å². The maximum atomic E-state index is 13.2. The lowest BCUT2D eigenvalue weighted by atomic mass is 10.1. The molecule has 1 aliphatic rings. The monoisotopic (exact) mass is 433 g/mol. The molecular weight excluding hydrogens is 414 g/mol. The van der Waals surface area contributed by atoms with E-state index in [0.717, 1.165) is 11.4 Å². The summed E-state index contributed by atoms with van der Waals surface area (Å²) in [5, 5.41) is 2.63. The van der Waals surface area contributed by atoms with Crippen LogP contribution in [0, 0.1) is 0 Å². The van der Waals surface area contributed by atoms with Crippen molar-refractivity contribution >= 4 is 40.9 Å². The predicted octanol–water partition coefficient (Wildman–Crippen LogP) is 3.33. The lowest BCUT2D eigenvalue weighted by Crippen LogP contribution is -2.54. The lowest BCUT2D eigenvalue weighted by molar-refractivity contribution is -0.122. The molecule has 0 saturated carbocycles. The number of amides is 2. The van der Waals surface area contributed by atoms with E-state index in [0.29, 0.717) is 17.1 Å². The Morgan fingerprint density at radius 2 is 1.45 bits per heavy atom. The standard InChI is InChI=1S/C23H19N3O4S/c1-29-18-9-5-15(6-10-18)25-13-3-4-17(25)14-20-21(27)24-23(31)26(22(20)28)16-7-11-19(30-2)12-8-16/h3-14H,1-2H3,(H,24,27,31)/b20-14+. The number of methoxy groups -OCH3 is 2. The number of hydrogen-bond donors (Lipinski definition) is 1. The van der Waals surface area contributed by atoms with Crippen LogP contribution in [0.5, 0.6) is 11.5 Å². The summed E-state index contributed by atoms with van der Waals surface area (Å²) < 4.78 is 12.2. The highest BCUT2D eigenvalue weighted by Gasteiger charge is 2.34. The molecule has 7 nitrogen and oxygen atoms in total. The van der Waals surface area contributed by atoms with Crippen LogP contribution in [0.25, 0.3) is 11.8 Å². The number of aromatic nitrogens is 1. The van der Waals surface area contributed by atoms with Crippen molar-refractivity contribution in [1.29, 1.82) is 0 Å². The molecule has 1 N–H and O–H groups in total. The van der Waals surface area contributed by atoms with Gasteiger partial charge in [-0.15, -0.1) is 0 Å². The minimum absolute atomic E-state index is 0.0159. The largest absolute Gasteiger partial charge is 0.497 e. The number of rotatable bonds is 5.